The number of carbonyl (C=O) groups excluding carboxylic acids is 2. The van der Waals surface area contributed by atoms with Gasteiger partial charge in [0.2, 0.25) is 0 Å². The van der Waals surface area contributed by atoms with Crippen molar-refractivity contribution < 1.29 is 73.8 Å². The van der Waals surface area contributed by atoms with Crippen LogP contribution in [0.4, 0.5) is 0 Å². The maximum Gasteiger partial charge on any atom is 0.306 e. The molecule has 0 aliphatic carbocycles. The highest BCUT2D eigenvalue weighted by atomic mass is 16.7. The number of ether oxygens (including phenoxy) is 6. The fourth-order valence-electron chi connectivity index (χ4n) is 9.28. The summed E-state index contributed by atoms with van der Waals surface area (Å²) in [6, 6.07) is 0. The number of hydrogen-bond acceptors (Lipinski definition) is 15. The Morgan fingerprint density at radius 2 is 0.811 bits per heavy atom. The number of aliphatic hydroxyl groups excluding tert-OH is 7. The van der Waals surface area contributed by atoms with Crippen molar-refractivity contribution in [2.24, 2.45) is 0 Å². The third-order valence-corrected chi connectivity index (χ3v) is 14.1. The summed E-state index contributed by atoms with van der Waals surface area (Å²) in [5.41, 5.74) is 0. The van der Waals surface area contributed by atoms with Crippen molar-refractivity contribution in [3.05, 3.63) is 36.5 Å². The molecule has 2 rings (SSSR count). The summed E-state index contributed by atoms with van der Waals surface area (Å²) in [7, 11) is 0. The molecule has 74 heavy (non-hydrogen) atoms. The average molecular weight is 1060 g/mol. The van der Waals surface area contributed by atoms with E-state index < -0.39 is 99.3 Å². The fraction of sp³-hybridized carbons (Fsp3) is 0.864. The van der Waals surface area contributed by atoms with E-state index in [9.17, 15) is 45.3 Å². The van der Waals surface area contributed by atoms with Crippen LogP contribution in [0.2, 0.25) is 0 Å². The van der Waals surface area contributed by atoms with E-state index in [0.717, 1.165) is 51.4 Å². The van der Waals surface area contributed by atoms with E-state index in [-0.39, 0.29) is 19.4 Å². The lowest BCUT2D eigenvalue weighted by atomic mass is 9.98. The van der Waals surface area contributed by atoms with Crippen LogP contribution in [0, 0.1) is 0 Å². The highest BCUT2D eigenvalue weighted by Gasteiger charge is 2.47. The average Bonchev–Trinajstić information content (AvgIpc) is 3.39. The summed E-state index contributed by atoms with van der Waals surface area (Å²) in [6.07, 6.45) is 34.7. The van der Waals surface area contributed by atoms with Gasteiger partial charge in [0.25, 0.3) is 0 Å². The SMILES string of the molecule is CCCCC/C=C/C/C=C/C/C=C/CCCCC(=O)O[C@@H](COC(=O)CCCCCCCCCCCCCCCCCCCCCCCCC)CO[C@@H]1O[C@H](CO[C@@H]2O[C@H](CO)[C@H](O)C(O)C2O)[C@H](O)C(O)C1O. The first-order chi connectivity index (χ1) is 36.0. The molecular weight excluding hydrogens is 949 g/mol. The van der Waals surface area contributed by atoms with Crippen LogP contribution in [0.15, 0.2) is 36.5 Å². The molecule has 2 heterocycles. The van der Waals surface area contributed by atoms with Gasteiger partial charge in [-0.15, -0.1) is 0 Å². The van der Waals surface area contributed by atoms with E-state index in [2.05, 4.69) is 50.3 Å². The van der Waals surface area contributed by atoms with Crippen LogP contribution in [0.1, 0.15) is 232 Å². The minimum absolute atomic E-state index is 0.118. The van der Waals surface area contributed by atoms with Gasteiger partial charge in [0, 0.05) is 12.8 Å². The predicted molar refractivity (Wildman–Crippen MR) is 289 cm³/mol. The minimum Gasteiger partial charge on any atom is -0.462 e. The van der Waals surface area contributed by atoms with Gasteiger partial charge in [-0.1, -0.05) is 204 Å². The van der Waals surface area contributed by atoms with Crippen molar-refractivity contribution >= 4 is 11.9 Å². The summed E-state index contributed by atoms with van der Waals surface area (Å²) in [6.45, 7) is 2.56. The third-order valence-electron chi connectivity index (χ3n) is 14.1. The van der Waals surface area contributed by atoms with E-state index in [0.29, 0.717) is 12.8 Å². The molecule has 2 aliphatic heterocycles. The van der Waals surface area contributed by atoms with Gasteiger partial charge in [-0.05, 0) is 51.4 Å². The summed E-state index contributed by atoms with van der Waals surface area (Å²) in [5, 5.41) is 72.2. The van der Waals surface area contributed by atoms with Crippen LogP contribution in [-0.4, -0.2) is 142 Å². The first kappa shape index (κ1) is 67.8. The van der Waals surface area contributed by atoms with Crippen LogP contribution in [-0.2, 0) is 38.0 Å². The van der Waals surface area contributed by atoms with Crippen LogP contribution >= 0.6 is 0 Å². The van der Waals surface area contributed by atoms with Gasteiger partial charge >= 0.3 is 11.9 Å². The lowest BCUT2D eigenvalue weighted by Gasteiger charge is -2.42. The number of allylic oxidation sites excluding steroid dienone is 6. The summed E-state index contributed by atoms with van der Waals surface area (Å²) < 4.78 is 33.6. The molecule has 0 bridgehead atoms. The number of aliphatic hydroxyl groups is 7. The van der Waals surface area contributed by atoms with E-state index in [1.54, 1.807) is 0 Å². The van der Waals surface area contributed by atoms with Crippen molar-refractivity contribution in [3.8, 4) is 0 Å². The van der Waals surface area contributed by atoms with Gasteiger partial charge in [-0.3, -0.25) is 9.59 Å². The van der Waals surface area contributed by atoms with Crippen LogP contribution in [0.5, 0.6) is 0 Å². The van der Waals surface area contributed by atoms with Crippen molar-refractivity contribution in [2.45, 2.75) is 300 Å². The standard InChI is InChI=1S/C59H106O15/c1-3-5-7-9-11-13-15-17-19-20-21-22-23-24-25-26-28-29-31-33-35-37-39-41-50(61)69-44-47(72-51(62)42-40-38-36-34-32-30-27-18-16-14-12-10-8-6-4-2)45-70-58-57(68)55(66)53(64)49(74-58)46-71-59-56(67)54(65)52(63)48(43-60)73-59/h12,14,18,27,32,34,47-49,52-60,63-68H,3-11,13,15-17,19-26,28-31,33,35-46H2,1-2H3/b14-12+,27-18+,34-32+/t47-,48+,49+,52-,53-,54?,55?,56?,57?,58+,59+/m0/s1. The minimum atomic E-state index is -1.77. The lowest BCUT2D eigenvalue weighted by molar-refractivity contribution is -0.332. The molecule has 15 nitrogen and oxygen atoms in total. The molecule has 0 radical (unpaired) electrons. The molecule has 0 spiro atoms. The highest BCUT2D eigenvalue weighted by Crippen LogP contribution is 2.27. The molecule has 0 aromatic carbocycles. The number of rotatable bonds is 47. The van der Waals surface area contributed by atoms with Gasteiger partial charge in [-0.2, -0.15) is 0 Å². The van der Waals surface area contributed by atoms with Crippen LogP contribution < -0.4 is 0 Å². The second-order valence-electron chi connectivity index (χ2n) is 20.8. The number of hydrogen-bond donors (Lipinski definition) is 7. The zero-order valence-electron chi connectivity index (χ0n) is 46.1. The summed E-state index contributed by atoms with van der Waals surface area (Å²) in [5.74, 6) is -0.960. The van der Waals surface area contributed by atoms with E-state index >= 15 is 0 Å². The third kappa shape index (κ3) is 32.5. The fourth-order valence-corrected chi connectivity index (χ4v) is 9.28. The van der Waals surface area contributed by atoms with E-state index in [1.165, 1.54) is 141 Å². The maximum atomic E-state index is 13.0. The van der Waals surface area contributed by atoms with Crippen molar-refractivity contribution in [1.29, 1.82) is 0 Å². The highest BCUT2D eigenvalue weighted by molar-refractivity contribution is 5.70. The molecule has 4 unspecified atom stereocenters. The Morgan fingerprint density at radius 3 is 1.30 bits per heavy atom. The molecule has 2 aliphatic rings. The van der Waals surface area contributed by atoms with Crippen LogP contribution in [0.3, 0.4) is 0 Å². The molecule has 0 aromatic rings. The normalized spacial score (nSPS) is 24.9. The number of esters is 2. The second-order valence-corrected chi connectivity index (χ2v) is 20.8. The topological polar surface area (TPSA) is 231 Å². The van der Waals surface area contributed by atoms with Crippen LogP contribution in [0.25, 0.3) is 0 Å². The molecule has 11 atom stereocenters. The molecule has 0 aromatic heterocycles. The Balaban J connectivity index is 1.73. The van der Waals surface area contributed by atoms with E-state index in [1.807, 2.05) is 0 Å². The van der Waals surface area contributed by atoms with Gasteiger partial charge in [0.1, 0.15) is 55.4 Å². The second kappa shape index (κ2) is 45.7. The molecule has 15 heteroatoms. The first-order valence-corrected chi connectivity index (χ1v) is 29.6. The number of carbonyl (C=O) groups is 2. The molecule has 7 N–H and O–H groups in total. The molecule has 432 valence electrons. The predicted octanol–water partition coefficient (Wildman–Crippen LogP) is 10.1. The Kier molecular flexibility index (Phi) is 41.9. The maximum absolute atomic E-state index is 13.0. The molecule has 0 saturated carbocycles. The smallest absolute Gasteiger partial charge is 0.306 e. The lowest BCUT2D eigenvalue weighted by Crippen LogP contribution is -2.61. The van der Waals surface area contributed by atoms with Gasteiger partial charge in [0.15, 0.2) is 18.7 Å². The summed E-state index contributed by atoms with van der Waals surface area (Å²) in [4.78, 5) is 25.9. The first-order valence-electron chi connectivity index (χ1n) is 29.6. The Labute approximate surface area is 446 Å². The van der Waals surface area contributed by atoms with E-state index in [4.69, 9.17) is 28.4 Å². The Hall–Kier alpha value is -2.28. The summed E-state index contributed by atoms with van der Waals surface area (Å²) >= 11 is 0. The molecular formula is C59H106O15. The molecule has 0 amide bonds. The number of unbranched alkanes of at least 4 members (excludes halogenated alkanes) is 27. The van der Waals surface area contributed by atoms with Crippen molar-refractivity contribution in [2.75, 3.05) is 26.4 Å². The van der Waals surface area contributed by atoms with Gasteiger partial charge in [-0.25, -0.2) is 0 Å². The van der Waals surface area contributed by atoms with Gasteiger partial charge in [0.05, 0.1) is 19.8 Å². The molecule has 2 saturated heterocycles. The Morgan fingerprint density at radius 1 is 0.432 bits per heavy atom. The van der Waals surface area contributed by atoms with Crippen molar-refractivity contribution in [3.63, 3.8) is 0 Å². The van der Waals surface area contributed by atoms with Gasteiger partial charge < -0.3 is 64.2 Å². The largest absolute Gasteiger partial charge is 0.462 e. The monoisotopic (exact) mass is 1050 g/mol. The zero-order chi connectivity index (χ0) is 53.9. The zero-order valence-corrected chi connectivity index (χ0v) is 46.1. The van der Waals surface area contributed by atoms with Crippen molar-refractivity contribution in [1.82, 2.24) is 0 Å². The molecule has 2 fully saturated rings. The Bertz CT molecular complexity index is 1430. The quantitative estimate of drug-likeness (QED) is 0.0171.